The van der Waals surface area contributed by atoms with Crippen LogP contribution in [-0.4, -0.2) is 4.98 Å². The molecule has 4 nitrogen and oxygen atoms in total. The van der Waals surface area contributed by atoms with Crippen LogP contribution in [0.25, 0.3) is 64.6 Å². The Labute approximate surface area is 390 Å². The molecule has 4 aromatic heterocycles. The molecule has 0 saturated carbocycles. The Morgan fingerprint density at radius 3 is 0.700 bits per heavy atom. The summed E-state index contributed by atoms with van der Waals surface area (Å²) in [6.07, 6.45) is 17.7. The molecule has 10 aromatic rings. The first-order chi connectivity index (χ1) is 31.5. The van der Waals surface area contributed by atoms with Crippen molar-refractivity contribution >= 4 is 104 Å². The molecule has 0 unspecified atom stereocenters. The van der Waals surface area contributed by atoms with Crippen LogP contribution >= 0.6 is 39.4 Å². The van der Waals surface area contributed by atoms with E-state index in [2.05, 4.69) is 169 Å². The van der Waals surface area contributed by atoms with Gasteiger partial charge in [0.25, 0.3) is 0 Å². The van der Waals surface area contributed by atoms with Crippen LogP contribution in [0.3, 0.4) is 0 Å². The van der Waals surface area contributed by atoms with Crippen LogP contribution in [-0.2, 0) is 25.0 Å². The molecule has 4 heterocycles. The van der Waals surface area contributed by atoms with Crippen molar-refractivity contribution in [1.82, 2.24) is 4.98 Å². The Hall–Kier alpha value is -5.49. The average Bonchev–Trinajstić information content (AvgIpc) is 3.19. The van der Waals surface area contributed by atoms with Crippen molar-refractivity contribution < 1.29 is 89.2 Å². The molecule has 10 rings (SSSR count). The summed E-state index contributed by atoms with van der Waals surface area (Å²) in [6, 6.07) is 35.9. The number of halogens is 19. The number of hydrogen-bond acceptors (Lipinski definition) is 1. The number of alkyl halides is 1. The number of aromatic nitrogens is 4. The molecular formula is C44H32BrF18N4P3. The topological polar surface area (TPSA) is 24.5 Å². The molecule has 0 aliphatic heterocycles. The summed E-state index contributed by atoms with van der Waals surface area (Å²) in [5, 5.41) is 16.2. The summed E-state index contributed by atoms with van der Waals surface area (Å²) >= 11 is 3.55. The summed E-state index contributed by atoms with van der Waals surface area (Å²) in [4.78, 5) is 4.42. The summed E-state index contributed by atoms with van der Waals surface area (Å²) in [6.45, 7) is 2.51. The Morgan fingerprint density at radius 2 is 0.486 bits per heavy atom. The van der Waals surface area contributed by atoms with Crippen molar-refractivity contribution in [1.29, 1.82) is 0 Å². The molecule has 0 N–H and O–H groups in total. The monoisotopic (exact) mass is 1130 g/mol. The fourth-order valence-corrected chi connectivity index (χ4v) is 8.21. The van der Waals surface area contributed by atoms with Gasteiger partial charge in [-0.3, -0.25) is 4.98 Å². The van der Waals surface area contributed by atoms with Gasteiger partial charge in [0.05, 0.1) is 0 Å². The van der Waals surface area contributed by atoms with Crippen LogP contribution in [0, 0.1) is 0 Å². The molecule has 0 bridgehead atoms. The van der Waals surface area contributed by atoms with Crippen LogP contribution < -0.4 is 13.7 Å². The van der Waals surface area contributed by atoms with Crippen molar-refractivity contribution in [3.8, 4) is 0 Å². The summed E-state index contributed by atoms with van der Waals surface area (Å²) < 4.78 is 185. The van der Waals surface area contributed by atoms with Crippen LogP contribution in [0.1, 0.15) is 22.3 Å². The van der Waals surface area contributed by atoms with E-state index in [4.69, 9.17) is 0 Å². The fraction of sp³-hybridized carbons (Fsp3) is 0.0909. The van der Waals surface area contributed by atoms with E-state index in [9.17, 15) is 75.5 Å². The van der Waals surface area contributed by atoms with Crippen LogP contribution in [0.5, 0.6) is 0 Å². The SMILES string of the molecule is BrCc1ccc(C[n+]2cc3ccc4c[n+](Cc5ccc(C[n+]6cc7ccc8cncc9ccc(c6)c7c89)cc5)cc5ccc(c2)c3c45)cc1.F[P-](F)(F)(F)(F)F.F[P-](F)(F)(F)(F)F.F[P-](F)(F)(F)(F)F. The summed E-state index contributed by atoms with van der Waals surface area (Å²) in [7, 11) is -32.0. The van der Waals surface area contributed by atoms with E-state index in [0.29, 0.717) is 0 Å². The van der Waals surface area contributed by atoms with Crippen LogP contribution in [0.4, 0.5) is 75.5 Å². The van der Waals surface area contributed by atoms with Gasteiger partial charge in [-0.1, -0.05) is 76.6 Å². The van der Waals surface area contributed by atoms with Gasteiger partial charge in [-0.2, -0.15) is 13.7 Å². The maximum absolute atomic E-state index is 10.7. The normalized spacial score (nSPS) is 15.4. The van der Waals surface area contributed by atoms with Gasteiger partial charge >= 0.3 is 99.0 Å². The third-order valence-electron chi connectivity index (χ3n) is 10.1. The van der Waals surface area contributed by atoms with Gasteiger partial charge in [0, 0.05) is 99.0 Å². The molecule has 0 spiro atoms. The second-order valence-corrected chi connectivity index (χ2v) is 22.6. The van der Waals surface area contributed by atoms with Crippen molar-refractivity contribution in [2.75, 3.05) is 0 Å². The Morgan fingerprint density at radius 1 is 0.300 bits per heavy atom. The predicted octanol–water partition coefficient (Wildman–Crippen LogP) is 18.9. The number of benzene rings is 6. The molecular weight excluding hydrogens is 1100 g/mol. The van der Waals surface area contributed by atoms with Crippen LogP contribution in [0.15, 0.2) is 147 Å². The Kier molecular flexibility index (Phi) is 11.8. The van der Waals surface area contributed by atoms with Gasteiger partial charge in [-0.15, -0.1) is 0 Å². The van der Waals surface area contributed by atoms with E-state index in [0.717, 1.165) is 25.0 Å². The van der Waals surface area contributed by atoms with Gasteiger partial charge in [0.2, 0.25) is 0 Å². The Bertz CT molecular complexity index is 3350. The van der Waals surface area contributed by atoms with E-state index in [-0.39, 0.29) is 0 Å². The predicted molar refractivity (Wildman–Crippen MR) is 242 cm³/mol. The molecule has 376 valence electrons. The zero-order valence-corrected chi connectivity index (χ0v) is 39.3. The number of pyridine rings is 4. The first-order valence-corrected chi connectivity index (χ1v) is 27.0. The zero-order chi connectivity index (χ0) is 51.7. The van der Waals surface area contributed by atoms with Gasteiger partial charge in [-0.25, -0.2) is 0 Å². The molecule has 0 aliphatic rings. The van der Waals surface area contributed by atoms with Crippen molar-refractivity contribution in [3.63, 3.8) is 0 Å². The molecule has 0 aliphatic carbocycles. The average molecular weight is 1130 g/mol. The van der Waals surface area contributed by atoms with Crippen molar-refractivity contribution in [2.45, 2.75) is 25.0 Å². The first-order valence-electron chi connectivity index (χ1n) is 19.8. The fourth-order valence-electron chi connectivity index (χ4n) is 7.84. The van der Waals surface area contributed by atoms with E-state index in [1.807, 2.05) is 12.4 Å². The number of rotatable bonds is 7. The van der Waals surface area contributed by atoms with E-state index >= 15 is 0 Å². The quantitative estimate of drug-likeness (QED) is 0.0513. The molecule has 0 radical (unpaired) electrons. The molecule has 70 heavy (non-hydrogen) atoms. The van der Waals surface area contributed by atoms with Crippen molar-refractivity contribution in [3.05, 3.63) is 169 Å². The van der Waals surface area contributed by atoms with Gasteiger partial charge in [0.1, 0.15) is 0 Å². The molecule has 0 saturated heterocycles. The Balaban J connectivity index is 0.000000290. The van der Waals surface area contributed by atoms with Crippen LogP contribution in [0.2, 0.25) is 0 Å². The third kappa shape index (κ3) is 16.8. The second-order valence-electron chi connectivity index (χ2n) is 16.3. The van der Waals surface area contributed by atoms with Crippen molar-refractivity contribution in [2.24, 2.45) is 0 Å². The molecule has 0 fully saturated rings. The molecule has 6 aromatic carbocycles. The van der Waals surface area contributed by atoms with Gasteiger partial charge in [-0.05, 0) is 42.0 Å². The second kappa shape index (κ2) is 15.8. The standard InChI is InChI=1S/C44H32BrN4.3F6P/c45-17-29-1-3-30(4-2-29)20-47-25-37-13-15-39-27-49(28-40-16-14-38(26-47)43(37)44(39)40)22-32-7-5-31(6-8-32)21-48-23-35-11-9-33-18-46-19-34-10-12-36(24-48)42(35)41(33)34;3*1-7(2,3,4,5)6/h1-16,18-19,23-28H,17,20-22H2;;;/q+3;3*-1. The first kappa shape index (κ1) is 52.3. The van der Waals surface area contributed by atoms with E-state index < -0.39 is 23.4 Å². The minimum atomic E-state index is -10.7. The number of nitrogens with zero attached hydrogens (tertiary/aromatic N) is 4. The molecule has 0 amide bonds. The van der Waals surface area contributed by atoms with E-state index in [1.54, 1.807) is 0 Å². The summed E-state index contributed by atoms with van der Waals surface area (Å²) in [5.41, 5.74) is 5.19. The zero-order valence-electron chi connectivity index (χ0n) is 35.0. The van der Waals surface area contributed by atoms with Gasteiger partial charge < -0.3 is 0 Å². The molecule has 26 heteroatoms. The number of hydrogen-bond donors (Lipinski definition) is 0. The minimum absolute atomic E-state index is 0.826. The summed E-state index contributed by atoms with van der Waals surface area (Å²) in [5.74, 6) is 0. The third-order valence-corrected chi connectivity index (χ3v) is 10.8. The maximum atomic E-state index is 9.87. The molecule has 0 atom stereocenters. The van der Waals surface area contributed by atoms with E-state index in [1.165, 1.54) is 86.9 Å². The van der Waals surface area contributed by atoms with Gasteiger partial charge in [0.15, 0.2) is 56.8 Å².